The number of ether oxygens (including phenoxy) is 2. The highest BCUT2D eigenvalue weighted by molar-refractivity contribution is 5.99. The lowest BCUT2D eigenvalue weighted by atomic mass is 9.87. The first-order valence-corrected chi connectivity index (χ1v) is 14.3. The van der Waals surface area contributed by atoms with Crippen molar-refractivity contribution in [2.45, 2.75) is 70.2 Å². The number of aromatic hydroxyl groups is 2. The van der Waals surface area contributed by atoms with Crippen molar-refractivity contribution in [1.29, 1.82) is 0 Å². The van der Waals surface area contributed by atoms with Gasteiger partial charge < -0.3 is 35.2 Å². The van der Waals surface area contributed by atoms with E-state index in [2.05, 4.69) is 10.6 Å². The molecule has 2 atom stereocenters. The fourth-order valence-electron chi connectivity index (χ4n) is 4.90. The minimum absolute atomic E-state index is 0.0479. The Bertz CT molecular complexity index is 1410. The van der Waals surface area contributed by atoms with Crippen molar-refractivity contribution in [2.75, 3.05) is 12.4 Å². The zero-order chi connectivity index (χ0) is 31.1. The Labute approximate surface area is 251 Å². The highest BCUT2D eigenvalue weighted by Crippen LogP contribution is 2.35. The molecule has 3 amide bonds. The quantitative estimate of drug-likeness (QED) is 0.252. The fourth-order valence-corrected chi connectivity index (χ4v) is 4.90. The molecule has 1 aliphatic carbocycles. The van der Waals surface area contributed by atoms with Crippen molar-refractivity contribution in [2.24, 2.45) is 0 Å². The van der Waals surface area contributed by atoms with E-state index in [1.165, 1.54) is 29.2 Å². The number of methoxy groups -OCH3 is 1. The van der Waals surface area contributed by atoms with Gasteiger partial charge in [-0.15, -0.1) is 0 Å². The molecule has 0 aliphatic heterocycles. The number of benzene rings is 3. The molecule has 0 heterocycles. The number of rotatable bonds is 10. The van der Waals surface area contributed by atoms with Crippen molar-refractivity contribution in [3.8, 4) is 17.2 Å². The maximum atomic E-state index is 14.5. The number of phenols is 2. The first kappa shape index (κ1) is 31.2. The summed E-state index contributed by atoms with van der Waals surface area (Å²) in [6, 6.07) is 17.0. The predicted molar refractivity (Wildman–Crippen MR) is 162 cm³/mol. The Balaban J connectivity index is 1.73. The van der Waals surface area contributed by atoms with Crippen molar-refractivity contribution in [1.82, 2.24) is 10.2 Å². The van der Waals surface area contributed by atoms with Crippen LogP contribution in [0, 0.1) is 0 Å². The number of phenolic OH excluding ortho intramolecular Hbond substituents is 2. The molecule has 1 aliphatic rings. The second-order valence-corrected chi connectivity index (χ2v) is 11.6. The molecular weight excluding hydrogens is 550 g/mol. The molecule has 3 aromatic rings. The lowest BCUT2D eigenvalue weighted by Gasteiger charge is -2.43. The number of amides is 3. The standard InChI is InChI=1S/C33H39N3O7/c1-33(2,3)43-32(41)35-28(19-21-11-15-25(37)16-12-21)31(40)36(24-8-6-9-24)29(22-7-5-10-26(38)20-22)30(39)34-23-13-17-27(42-4)18-14-23/h5,7,10-18,20,24,28-29,37-38H,6,8-9,19H2,1-4H3,(H,34,39)(H,35,41). The summed E-state index contributed by atoms with van der Waals surface area (Å²) in [5.74, 6) is -0.298. The van der Waals surface area contributed by atoms with E-state index < -0.39 is 35.6 Å². The van der Waals surface area contributed by atoms with Gasteiger partial charge in [-0.2, -0.15) is 0 Å². The van der Waals surface area contributed by atoms with Crippen LogP contribution < -0.4 is 15.4 Å². The van der Waals surface area contributed by atoms with Gasteiger partial charge in [0.2, 0.25) is 5.91 Å². The van der Waals surface area contributed by atoms with Gasteiger partial charge in [-0.3, -0.25) is 9.59 Å². The molecule has 2 unspecified atom stereocenters. The van der Waals surface area contributed by atoms with E-state index in [4.69, 9.17) is 9.47 Å². The van der Waals surface area contributed by atoms with Crippen molar-refractivity contribution in [3.63, 3.8) is 0 Å². The number of hydrogen-bond donors (Lipinski definition) is 4. The molecular formula is C33H39N3O7. The molecule has 0 bridgehead atoms. The van der Waals surface area contributed by atoms with Gasteiger partial charge in [0.1, 0.15) is 34.9 Å². The summed E-state index contributed by atoms with van der Waals surface area (Å²) in [4.78, 5) is 43.0. The molecule has 1 saturated carbocycles. The average molecular weight is 590 g/mol. The smallest absolute Gasteiger partial charge is 0.408 e. The summed E-state index contributed by atoms with van der Waals surface area (Å²) >= 11 is 0. The number of nitrogens with zero attached hydrogens (tertiary/aromatic N) is 1. The third-order valence-corrected chi connectivity index (χ3v) is 7.16. The predicted octanol–water partition coefficient (Wildman–Crippen LogP) is 5.30. The highest BCUT2D eigenvalue weighted by Gasteiger charge is 2.42. The third-order valence-electron chi connectivity index (χ3n) is 7.16. The summed E-state index contributed by atoms with van der Waals surface area (Å²) in [7, 11) is 1.55. The lowest BCUT2D eigenvalue weighted by molar-refractivity contribution is -0.145. The first-order chi connectivity index (χ1) is 20.4. The van der Waals surface area contributed by atoms with Gasteiger partial charge in [0.05, 0.1) is 7.11 Å². The fraction of sp³-hybridized carbons (Fsp3) is 0.364. The van der Waals surface area contributed by atoms with Gasteiger partial charge >= 0.3 is 6.09 Å². The van der Waals surface area contributed by atoms with Crippen LogP contribution in [-0.2, 0) is 20.7 Å². The highest BCUT2D eigenvalue weighted by atomic mass is 16.6. The summed E-state index contributed by atoms with van der Waals surface area (Å²) < 4.78 is 10.7. The Kier molecular flexibility index (Phi) is 9.80. The molecule has 0 saturated heterocycles. The van der Waals surface area contributed by atoms with Crippen LogP contribution in [0.25, 0.3) is 0 Å². The van der Waals surface area contributed by atoms with Gasteiger partial charge in [-0.05, 0) is 99.7 Å². The molecule has 228 valence electrons. The van der Waals surface area contributed by atoms with E-state index in [9.17, 15) is 24.6 Å². The minimum atomic E-state index is -1.12. The topological polar surface area (TPSA) is 137 Å². The molecule has 4 N–H and O–H groups in total. The van der Waals surface area contributed by atoms with Crippen LogP contribution in [0.3, 0.4) is 0 Å². The number of anilines is 1. The SMILES string of the molecule is COc1ccc(NC(=O)C(c2cccc(O)c2)N(C(=O)C(Cc2ccc(O)cc2)NC(=O)OC(C)(C)C)C2CCC2)cc1. The summed E-state index contributed by atoms with van der Waals surface area (Å²) in [6.07, 6.45) is 1.55. The molecule has 0 aromatic heterocycles. The van der Waals surface area contributed by atoms with Crippen LogP contribution in [-0.4, -0.2) is 57.8 Å². The minimum Gasteiger partial charge on any atom is -0.508 e. The van der Waals surface area contributed by atoms with Crippen LogP contribution in [0.15, 0.2) is 72.8 Å². The second-order valence-electron chi connectivity index (χ2n) is 11.6. The van der Waals surface area contributed by atoms with Crippen molar-refractivity contribution < 1.29 is 34.1 Å². The molecule has 0 radical (unpaired) electrons. The van der Waals surface area contributed by atoms with Crippen LogP contribution in [0.5, 0.6) is 17.2 Å². The van der Waals surface area contributed by atoms with Gasteiger partial charge in [0.25, 0.3) is 5.91 Å². The maximum absolute atomic E-state index is 14.5. The number of nitrogens with one attached hydrogen (secondary N) is 2. The number of alkyl carbamates (subject to hydrolysis) is 1. The van der Waals surface area contributed by atoms with Gasteiger partial charge in [0, 0.05) is 18.2 Å². The van der Waals surface area contributed by atoms with Crippen LogP contribution >= 0.6 is 0 Å². The molecule has 3 aromatic carbocycles. The number of carbonyl (C=O) groups excluding carboxylic acids is 3. The third kappa shape index (κ3) is 8.41. The monoisotopic (exact) mass is 589 g/mol. The summed E-state index contributed by atoms with van der Waals surface area (Å²) in [6.45, 7) is 5.18. The lowest BCUT2D eigenvalue weighted by Crippen LogP contribution is -2.57. The van der Waals surface area contributed by atoms with E-state index in [1.807, 2.05) is 0 Å². The molecule has 10 heteroatoms. The second kappa shape index (κ2) is 13.5. The molecule has 43 heavy (non-hydrogen) atoms. The van der Waals surface area contributed by atoms with Crippen molar-refractivity contribution in [3.05, 3.63) is 83.9 Å². The average Bonchev–Trinajstić information content (AvgIpc) is 2.91. The number of carbonyl (C=O) groups is 3. The van der Waals surface area contributed by atoms with E-state index >= 15 is 0 Å². The number of hydrogen-bond acceptors (Lipinski definition) is 7. The summed E-state index contributed by atoms with van der Waals surface area (Å²) in [5.41, 5.74) is 0.820. The Morgan fingerprint density at radius 3 is 2.19 bits per heavy atom. The van der Waals surface area contributed by atoms with Crippen LogP contribution in [0.4, 0.5) is 10.5 Å². The van der Waals surface area contributed by atoms with Gasteiger partial charge in [-0.1, -0.05) is 24.3 Å². The molecule has 4 rings (SSSR count). The zero-order valence-corrected chi connectivity index (χ0v) is 24.9. The largest absolute Gasteiger partial charge is 0.508 e. The zero-order valence-electron chi connectivity index (χ0n) is 24.9. The van der Waals surface area contributed by atoms with E-state index in [0.29, 0.717) is 35.4 Å². The van der Waals surface area contributed by atoms with Crippen LogP contribution in [0.2, 0.25) is 0 Å². The molecule has 10 nitrogen and oxygen atoms in total. The van der Waals surface area contributed by atoms with Crippen LogP contribution in [0.1, 0.15) is 57.2 Å². The normalized spacial score (nSPS) is 14.5. The molecule has 0 spiro atoms. The van der Waals surface area contributed by atoms with E-state index in [-0.39, 0.29) is 24.0 Å². The summed E-state index contributed by atoms with van der Waals surface area (Å²) in [5, 5.41) is 25.7. The maximum Gasteiger partial charge on any atom is 0.408 e. The Hall–Kier alpha value is -4.73. The Morgan fingerprint density at radius 1 is 0.953 bits per heavy atom. The first-order valence-electron chi connectivity index (χ1n) is 14.3. The van der Waals surface area contributed by atoms with E-state index in [1.54, 1.807) is 76.4 Å². The van der Waals surface area contributed by atoms with Gasteiger partial charge in [0.15, 0.2) is 0 Å². The van der Waals surface area contributed by atoms with Crippen molar-refractivity contribution >= 4 is 23.6 Å². The van der Waals surface area contributed by atoms with E-state index in [0.717, 1.165) is 6.42 Å². The molecule has 1 fully saturated rings. The van der Waals surface area contributed by atoms with Gasteiger partial charge in [-0.25, -0.2) is 4.79 Å². The Morgan fingerprint density at radius 2 is 1.63 bits per heavy atom.